The van der Waals surface area contributed by atoms with Crippen molar-refractivity contribution in [1.29, 1.82) is 0 Å². The largest absolute Gasteiger partial charge is 0.343 e. The van der Waals surface area contributed by atoms with Crippen molar-refractivity contribution in [3.05, 3.63) is 0 Å². The van der Waals surface area contributed by atoms with Crippen LogP contribution in [0.15, 0.2) is 0 Å². The number of carbonyl (C=O) groups is 1. The Bertz CT molecular complexity index is 310. The zero-order valence-corrected chi connectivity index (χ0v) is 13.9. The number of hydrogen-bond acceptors (Lipinski definition) is 2. The molecule has 2 fully saturated rings. The predicted molar refractivity (Wildman–Crippen MR) is 87.9 cm³/mol. The lowest BCUT2D eigenvalue weighted by Gasteiger charge is -2.29. The zero-order chi connectivity index (χ0) is 15.1. The van der Waals surface area contributed by atoms with Crippen molar-refractivity contribution in [2.75, 3.05) is 19.6 Å². The Balaban J connectivity index is 1.73. The van der Waals surface area contributed by atoms with Crippen molar-refractivity contribution in [2.24, 2.45) is 23.5 Å². The fourth-order valence-electron chi connectivity index (χ4n) is 4.16. The van der Waals surface area contributed by atoms with E-state index in [2.05, 4.69) is 11.8 Å². The summed E-state index contributed by atoms with van der Waals surface area (Å²) in [4.78, 5) is 14.7. The fraction of sp³-hybridized carbons (Fsp3) is 0.944. The Morgan fingerprint density at radius 2 is 1.71 bits per heavy atom. The summed E-state index contributed by atoms with van der Waals surface area (Å²) >= 11 is 0. The second-order valence-electron chi connectivity index (χ2n) is 7.29. The average Bonchev–Trinajstić information content (AvgIpc) is 2.74. The van der Waals surface area contributed by atoms with Crippen LogP contribution in [0.5, 0.6) is 0 Å². The lowest BCUT2D eigenvalue weighted by molar-refractivity contribution is -0.132. The van der Waals surface area contributed by atoms with E-state index in [1.165, 1.54) is 57.8 Å². The van der Waals surface area contributed by atoms with Crippen LogP contribution in [0.4, 0.5) is 0 Å². The molecule has 2 N–H and O–H groups in total. The quantitative estimate of drug-likeness (QED) is 0.842. The lowest BCUT2D eigenvalue weighted by atomic mass is 9.80. The first-order valence-corrected chi connectivity index (χ1v) is 9.20. The van der Waals surface area contributed by atoms with Gasteiger partial charge in [0.05, 0.1) is 0 Å². The summed E-state index contributed by atoms with van der Waals surface area (Å²) in [7, 11) is 0. The molecule has 21 heavy (non-hydrogen) atoms. The monoisotopic (exact) mass is 294 g/mol. The van der Waals surface area contributed by atoms with Gasteiger partial charge < -0.3 is 10.6 Å². The maximum absolute atomic E-state index is 12.5. The zero-order valence-electron chi connectivity index (χ0n) is 13.9. The van der Waals surface area contributed by atoms with Crippen molar-refractivity contribution in [1.82, 2.24) is 4.90 Å². The maximum atomic E-state index is 12.5. The Morgan fingerprint density at radius 1 is 1.00 bits per heavy atom. The molecule has 1 aliphatic heterocycles. The molecule has 0 radical (unpaired) electrons. The van der Waals surface area contributed by atoms with Gasteiger partial charge in [-0.15, -0.1) is 0 Å². The first kappa shape index (κ1) is 16.8. The van der Waals surface area contributed by atoms with Gasteiger partial charge >= 0.3 is 0 Å². The molecule has 1 saturated heterocycles. The van der Waals surface area contributed by atoms with Gasteiger partial charge in [-0.2, -0.15) is 0 Å². The molecule has 1 heterocycles. The molecule has 2 rings (SSSR count). The molecule has 0 aromatic rings. The molecular weight excluding hydrogens is 260 g/mol. The van der Waals surface area contributed by atoms with E-state index in [9.17, 15) is 4.79 Å². The number of likely N-dealkylation sites (tertiary alicyclic amines) is 1. The summed E-state index contributed by atoms with van der Waals surface area (Å²) in [5.74, 6) is 2.61. The van der Waals surface area contributed by atoms with Gasteiger partial charge in [-0.1, -0.05) is 19.8 Å². The standard InChI is InChI=1S/C18H34N2O/c1-2-4-15-5-3-11-20(12-10-15)18(21)13-16-6-8-17(14-19)9-7-16/h15-17H,2-14,19H2,1H3. The smallest absolute Gasteiger partial charge is 0.222 e. The van der Waals surface area contributed by atoms with Crippen LogP contribution < -0.4 is 5.73 Å². The van der Waals surface area contributed by atoms with Gasteiger partial charge in [-0.25, -0.2) is 0 Å². The molecule has 3 heteroatoms. The minimum atomic E-state index is 0.420. The van der Waals surface area contributed by atoms with Crippen LogP contribution >= 0.6 is 0 Å². The normalized spacial score (nSPS) is 31.0. The fourth-order valence-corrected chi connectivity index (χ4v) is 4.16. The number of nitrogens with two attached hydrogens (primary N) is 1. The maximum Gasteiger partial charge on any atom is 0.222 e. The molecule has 1 amide bonds. The molecule has 0 bridgehead atoms. The van der Waals surface area contributed by atoms with Gasteiger partial charge in [-0.05, 0) is 69.2 Å². The van der Waals surface area contributed by atoms with E-state index >= 15 is 0 Å². The van der Waals surface area contributed by atoms with E-state index in [-0.39, 0.29) is 0 Å². The topological polar surface area (TPSA) is 46.3 Å². The molecule has 0 spiro atoms. The molecule has 0 aromatic carbocycles. The van der Waals surface area contributed by atoms with E-state index in [0.29, 0.717) is 17.7 Å². The third kappa shape index (κ3) is 5.28. The van der Waals surface area contributed by atoms with E-state index in [1.807, 2.05) is 0 Å². The Hall–Kier alpha value is -0.570. The average molecular weight is 294 g/mol. The molecule has 3 nitrogen and oxygen atoms in total. The highest BCUT2D eigenvalue weighted by Gasteiger charge is 2.25. The summed E-state index contributed by atoms with van der Waals surface area (Å²) < 4.78 is 0. The van der Waals surface area contributed by atoms with Crippen LogP contribution in [-0.2, 0) is 4.79 Å². The second kappa shape index (κ2) is 8.77. The molecule has 1 atom stereocenters. The summed E-state index contributed by atoms with van der Waals surface area (Å²) in [5.41, 5.74) is 5.75. The number of nitrogens with zero attached hydrogens (tertiary/aromatic N) is 1. The third-order valence-corrected chi connectivity index (χ3v) is 5.66. The van der Waals surface area contributed by atoms with E-state index in [4.69, 9.17) is 5.73 Å². The third-order valence-electron chi connectivity index (χ3n) is 5.66. The lowest BCUT2D eigenvalue weighted by Crippen LogP contribution is -2.34. The second-order valence-corrected chi connectivity index (χ2v) is 7.29. The minimum absolute atomic E-state index is 0.420. The van der Waals surface area contributed by atoms with Crippen molar-refractivity contribution in [3.8, 4) is 0 Å². The summed E-state index contributed by atoms with van der Waals surface area (Å²) in [5, 5.41) is 0. The van der Waals surface area contributed by atoms with Gasteiger partial charge in [-0.3, -0.25) is 4.79 Å². The highest BCUT2D eigenvalue weighted by molar-refractivity contribution is 5.76. The first-order valence-electron chi connectivity index (χ1n) is 9.20. The summed E-state index contributed by atoms with van der Waals surface area (Å²) in [6.07, 6.45) is 12.0. The van der Waals surface area contributed by atoms with E-state index in [0.717, 1.165) is 32.0 Å². The Labute approximate surface area is 130 Å². The van der Waals surface area contributed by atoms with Gasteiger partial charge in [0.1, 0.15) is 0 Å². The highest BCUT2D eigenvalue weighted by atomic mass is 16.2. The van der Waals surface area contributed by atoms with Crippen LogP contribution in [0.2, 0.25) is 0 Å². The van der Waals surface area contributed by atoms with Crippen LogP contribution in [0.3, 0.4) is 0 Å². The Morgan fingerprint density at radius 3 is 2.38 bits per heavy atom. The minimum Gasteiger partial charge on any atom is -0.343 e. The van der Waals surface area contributed by atoms with Crippen LogP contribution in [0.25, 0.3) is 0 Å². The molecule has 122 valence electrons. The Kier molecular flexibility index (Phi) is 7.01. The van der Waals surface area contributed by atoms with Gasteiger partial charge in [0, 0.05) is 19.5 Å². The van der Waals surface area contributed by atoms with Crippen LogP contribution in [-0.4, -0.2) is 30.4 Å². The molecule has 1 saturated carbocycles. The van der Waals surface area contributed by atoms with Crippen molar-refractivity contribution in [3.63, 3.8) is 0 Å². The number of carbonyl (C=O) groups excluding carboxylic acids is 1. The molecular formula is C18H34N2O. The molecule has 1 aliphatic carbocycles. The van der Waals surface area contributed by atoms with Crippen molar-refractivity contribution in [2.45, 2.75) is 71.1 Å². The highest BCUT2D eigenvalue weighted by Crippen LogP contribution is 2.31. The van der Waals surface area contributed by atoms with E-state index in [1.54, 1.807) is 0 Å². The molecule has 2 aliphatic rings. The van der Waals surface area contributed by atoms with Crippen LogP contribution in [0, 0.1) is 17.8 Å². The number of hydrogen-bond donors (Lipinski definition) is 1. The van der Waals surface area contributed by atoms with Crippen LogP contribution in [0.1, 0.15) is 71.1 Å². The summed E-state index contributed by atoms with van der Waals surface area (Å²) in [6, 6.07) is 0. The SMILES string of the molecule is CCCC1CCCN(C(=O)CC2CCC(CN)CC2)CC1. The number of rotatable bonds is 5. The molecule has 0 aromatic heterocycles. The predicted octanol–water partition coefficient (Wildman–Crippen LogP) is 3.57. The van der Waals surface area contributed by atoms with Crippen molar-refractivity contribution >= 4 is 5.91 Å². The first-order chi connectivity index (χ1) is 10.2. The van der Waals surface area contributed by atoms with Gasteiger partial charge in [0.15, 0.2) is 0 Å². The van der Waals surface area contributed by atoms with Gasteiger partial charge in [0.25, 0.3) is 0 Å². The van der Waals surface area contributed by atoms with Crippen molar-refractivity contribution < 1.29 is 4.79 Å². The summed E-state index contributed by atoms with van der Waals surface area (Å²) in [6.45, 7) is 5.09. The van der Waals surface area contributed by atoms with E-state index < -0.39 is 0 Å². The molecule has 1 unspecified atom stereocenters. The number of amides is 1. The van der Waals surface area contributed by atoms with Gasteiger partial charge in [0.2, 0.25) is 5.91 Å².